The van der Waals surface area contributed by atoms with E-state index in [0.29, 0.717) is 16.8 Å². The number of anilines is 6. The van der Waals surface area contributed by atoms with E-state index < -0.39 is 249 Å². The van der Waals surface area contributed by atoms with Crippen LogP contribution in [0, 0.1) is 6.92 Å². The van der Waals surface area contributed by atoms with Crippen LogP contribution in [0.4, 0.5) is 34.9 Å². The SMILES string of the molecule is Cc1cn([C@@H]2O[C@@H]3COP(=O)(O)O[C@@H]4C(O)[C@H](n5cnc6c(N)ccnc65)O[C@@H]4CCP(=O)(O)OC2[C@H]3O)c2nc(N)[nH]c(=O)c12.Nc1nc2c(ccn2[C@@H]2O[C@@H]3COP(=O)(O)O[C@@H]4C(O)[C@H](n5cnc6c(N)ccnc65)O[C@@H]4OCP(=O)(O)OC2[C@H]3O)c(=O)[nH]1.Nc1nc2c(ncn2[C@@H]2O[C@@H]3COP(=O)(O)O[C@@H]4C(O)[C@H](n5cnc6c(N)ccnc65)O[C@@H]4OCP(=O)(O)OC2[C@H]3O)c(=O)[nH]1. The summed E-state index contributed by atoms with van der Waals surface area (Å²) in [7, 11) is -29.4. The number of H-pyrrole nitrogens is 3. The highest BCUT2D eigenvalue weighted by molar-refractivity contribution is 7.53. The van der Waals surface area contributed by atoms with Crippen LogP contribution in [0.2, 0.25) is 0 Å². The molecule has 63 nitrogen and oxygen atoms in total. The van der Waals surface area contributed by atoms with Gasteiger partial charge >= 0.3 is 46.3 Å². The number of aryl methyl sites for hydroxylation is 1. The lowest BCUT2D eigenvalue weighted by molar-refractivity contribution is -0.167. The van der Waals surface area contributed by atoms with E-state index in [1.165, 1.54) is 97.1 Å². The smallest absolute Gasteiger partial charge is 0.397 e. The number of phosphoric acid groups is 3. The van der Waals surface area contributed by atoms with Gasteiger partial charge in [-0.3, -0.25) is 102 Å². The second-order valence-corrected chi connectivity index (χ2v) is 41.6. The van der Waals surface area contributed by atoms with Crippen LogP contribution in [0.3, 0.4) is 0 Å². The molecule has 9 aliphatic rings. The molecule has 0 amide bonds. The molecule has 9 saturated heterocycles. The average molecular weight is 2030 g/mol. The van der Waals surface area contributed by atoms with Crippen LogP contribution in [0.5, 0.6) is 0 Å². The number of nitrogen functional groups attached to an aromatic ring is 6. The fraction of sp³-hybridized carbons (Fsp3) is 0.478. The van der Waals surface area contributed by atoms with Crippen molar-refractivity contribution in [3.05, 3.63) is 117 Å². The van der Waals surface area contributed by atoms with Gasteiger partial charge in [-0.2, -0.15) is 15.0 Å². The number of fused-ring (bicyclic) bond motifs is 15. The summed E-state index contributed by atoms with van der Waals surface area (Å²) >= 11 is 0. The van der Waals surface area contributed by atoms with Gasteiger partial charge in [-0.25, -0.2) is 48.6 Å². The van der Waals surface area contributed by atoms with E-state index >= 15 is 0 Å². The van der Waals surface area contributed by atoms with E-state index in [0.717, 1.165) is 10.9 Å². The summed E-state index contributed by atoms with van der Waals surface area (Å²) in [6.45, 7) is -0.724. The lowest BCUT2D eigenvalue weighted by atomic mass is 10.1. The number of phosphoric ester groups is 3. The molecule has 0 saturated carbocycles. The first kappa shape index (κ1) is 95.0. The number of ether oxygens (including phenoxy) is 8. The highest BCUT2D eigenvalue weighted by Crippen LogP contribution is 2.59. The highest BCUT2D eigenvalue weighted by Gasteiger charge is 2.59. The van der Waals surface area contributed by atoms with Crippen molar-refractivity contribution in [3.8, 4) is 0 Å². The van der Waals surface area contributed by atoms with Crippen molar-refractivity contribution < 1.29 is 166 Å². The molecule has 27 N–H and O–H groups in total. The molecule has 12 aromatic rings. The Balaban J connectivity index is 0.000000131. The van der Waals surface area contributed by atoms with Crippen LogP contribution in [-0.2, 0) is 106 Å². The topological polar surface area (TPSA) is 915 Å². The van der Waals surface area contributed by atoms with Crippen molar-refractivity contribution in [2.75, 3.05) is 73.1 Å². The first-order valence-corrected chi connectivity index (χ1v) is 50.0. The first-order valence-electron chi connectivity index (χ1n) is 40.3. The summed E-state index contributed by atoms with van der Waals surface area (Å²) in [6.07, 6.45) is -28.4. The van der Waals surface area contributed by atoms with Crippen molar-refractivity contribution in [1.82, 2.24) is 92.2 Å². The molecule has 30 atom stereocenters. The predicted octanol–water partition coefficient (Wildman–Crippen LogP) is -3.23. The number of aliphatic hydroxyl groups is 6. The molecule has 12 aromatic heterocycles. The summed E-state index contributed by atoms with van der Waals surface area (Å²) < 4.78 is 181. The van der Waals surface area contributed by atoms with Crippen molar-refractivity contribution in [2.45, 2.75) is 161 Å². The summed E-state index contributed by atoms with van der Waals surface area (Å²) in [5.41, 5.74) is 35.7. The van der Waals surface area contributed by atoms with Crippen LogP contribution in [0.1, 0.15) is 49.4 Å². The van der Waals surface area contributed by atoms with Crippen LogP contribution in [-0.4, -0.2) is 301 Å². The number of nitrogens with one attached hydrogen (secondary N) is 3. The molecule has 9 aliphatic heterocycles. The van der Waals surface area contributed by atoms with Gasteiger partial charge in [0.15, 0.2) is 114 Å². The van der Waals surface area contributed by atoms with Gasteiger partial charge in [0, 0.05) is 31.0 Å². The molecule has 0 radical (unpaired) electrons. The van der Waals surface area contributed by atoms with Gasteiger partial charge in [-0.05, 0) is 43.2 Å². The summed E-state index contributed by atoms with van der Waals surface area (Å²) in [5, 5.41) is 66.9. The number of hydrogen-bond donors (Lipinski definition) is 21. The van der Waals surface area contributed by atoms with Crippen molar-refractivity contribution in [1.29, 1.82) is 0 Å². The summed E-state index contributed by atoms with van der Waals surface area (Å²) in [4.78, 5) is 150. The third kappa shape index (κ3) is 18.0. The molecule has 0 aliphatic carbocycles. The number of hydrogen-bond acceptors (Lipinski definition) is 48. The first-order chi connectivity index (χ1) is 64.4. The van der Waals surface area contributed by atoms with Crippen LogP contribution >= 0.6 is 46.3 Å². The van der Waals surface area contributed by atoms with Gasteiger partial charge in [0.05, 0.1) is 85.2 Å². The zero-order valence-corrected chi connectivity index (χ0v) is 74.5. The van der Waals surface area contributed by atoms with Gasteiger partial charge in [0.25, 0.3) is 16.7 Å². The Morgan fingerprint density at radius 3 is 1.21 bits per heavy atom. The van der Waals surface area contributed by atoms with Crippen molar-refractivity contribution in [3.63, 3.8) is 0 Å². The molecule has 732 valence electrons. The highest BCUT2D eigenvalue weighted by atomic mass is 31.2. The predicted molar refractivity (Wildman–Crippen MR) is 450 cm³/mol. The Hall–Kier alpha value is -9.93. The molecule has 0 aromatic carbocycles. The number of aliphatic hydroxyl groups excluding tert-OH is 6. The Labute approximate surface area is 754 Å². The maximum absolute atomic E-state index is 13.5. The van der Waals surface area contributed by atoms with Crippen LogP contribution in [0.25, 0.3) is 66.7 Å². The van der Waals surface area contributed by atoms with Gasteiger partial charge in [0.2, 0.25) is 17.8 Å². The molecule has 6 bridgehead atoms. The number of nitrogens with zero attached hydrogens (tertiary/aromatic N) is 16. The van der Waals surface area contributed by atoms with E-state index in [-0.39, 0.29) is 96.8 Å². The molecule has 136 heavy (non-hydrogen) atoms. The Bertz CT molecular complexity index is 6890. The van der Waals surface area contributed by atoms with E-state index in [2.05, 4.69) is 64.8 Å². The van der Waals surface area contributed by atoms with Crippen LogP contribution < -0.4 is 51.1 Å². The van der Waals surface area contributed by atoms with E-state index in [9.17, 15) is 102 Å². The fourth-order valence-corrected chi connectivity index (χ4v) is 22.9. The lowest BCUT2D eigenvalue weighted by Crippen LogP contribution is -2.35. The van der Waals surface area contributed by atoms with Crippen molar-refractivity contribution in [2.24, 2.45) is 0 Å². The lowest BCUT2D eigenvalue weighted by Gasteiger charge is -2.26. The maximum atomic E-state index is 13.5. The van der Waals surface area contributed by atoms with E-state index in [4.69, 9.17) is 113 Å². The largest absolute Gasteiger partial charge is 0.472 e. The number of rotatable bonds is 6. The van der Waals surface area contributed by atoms with E-state index in [1.807, 2.05) is 0 Å². The van der Waals surface area contributed by atoms with Crippen LogP contribution in [0.15, 0.2) is 94.9 Å². The molecular formula is C67H81N25O38P6. The quantitative estimate of drug-likeness (QED) is 0.0728. The molecule has 0 spiro atoms. The standard InChI is InChI=1S/C24H30N8O12P2.C22H26N8O13P2.C21H25N9O13P2/c1-9-6-31(19-13(9)21(35)30-24(26)29-19)23-18-15(33)12(42-23)7-40-46(38,39)44-17-11(3-5-45(36,37)43-18)41-22(16(17)34)32-8-28-14-10(25)2-4-27-20(14)32;23-9-1-3-25-17-11(9)26-6-30(17)19-13(32)15-21(41-19)38-7-44(34,35)42-14-12(31)10(5-39-45(36,37)43-15)40-20(14)29-4-2-8-16(29)27-22(24)28-18(8)33;22-7-1-2-24-15-9(7)25-4-29(15)18-12(32)14-20(41-18)38-6-44(34,35)42-13-11(31)8(3-39-45(36,37)43-14)40-19(13)30-5-26-10-16(30)27-21(23)28-17(10)33/h2,4,6,8,11-12,15-18,22-23,33-34H,3,5,7H2,1H3,(H2,25,27)(H,36,37)(H,38,39)(H3,26,29,30,35);1-4,6,10,12-15,19-21,31-32H,5,7H2,(H2,23,25)(H,34,35)(H,36,37)(H3,24,27,28,33);1-2,4-5,8,11-14,18-20,31-32H,3,6H2,(H2,22,24)(H,34,35)(H,36,37)(H3,23,27,28,33)/t11-,12-,15+,16?,17+,18?,22-,23-;10-,12+,13?,14?,15-,19-,20-,21+;8-,11+,12?,13?,14-,18-,19-,20+/m111/s1. The minimum absolute atomic E-state index is 0.00424. The normalized spacial score (nSPS) is 37.5. The van der Waals surface area contributed by atoms with Gasteiger partial charge in [-0.15, -0.1) is 0 Å². The summed E-state index contributed by atoms with van der Waals surface area (Å²) in [6, 6.07) is 5.92. The zero-order chi connectivity index (χ0) is 96.4. The Morgan fingerprint density at radius 2 is 0.743 bits per heavy atom. The molecule has 69 heteroatoms. The minimum Gasteiger partial charge on any atom is -0.397 e. The average Bonchev–Trinajstić information content (AvgIpc) is 1.53. The molecule has 9 fully saturated rings. The van der Waals surface area contributed by atoms with Gasteiger partial charge < -0.3 is 141 Å². The fourth-order valence-electron chi connectivity index (χ4n) is 16.8. The zero-order valence-electron chi connectivity index (χ0n) is 69.1. The second-order valence-electron chi connectivity index (χ2n) is 32.0. The second kappa shape index (κ2) is 35.7. The van der Waals surface area contributed by atoms with Crippen molar-refractivity contribution >= 4 is 148 Å². The van der Waals surface area contributed by atoms with E-state index in [1.54, 1.807) is 6.92 Å². The molecule has 21 heterocycles. The third-order valence-electron chi connectivity index (χ3n) is 23.0. The number of imidazole rings is 4. The Morgan fingerprint density at radius 1 is 0.375 bits per heavy atom. The van der Waals surface area contributed by atoms with Gasteiger partial charge in [0.1, 0.15) is 95.9 Å². The molecule has 12 unspecified atom stereocenters. The maximum Gasteiger partial charge on any atom is 0.472 e. The van der Waals surface area contributed by atoms with Gasteiger partial charge in [-0.1, -0.05) is 0 Å². The number of nitrogens with two attached hydrogens (primary N) is 6. The number of pyridine rings is 3. The monoisotopic (exact) mass is 2030 g/mol. The number of aromatic amines is 3. The Kier molecular flexibility index (Phi) is 25.0. The number of aromatic nitrogens is 19. The molecule has 21 rings (SSSR count). The summed E-state index contributed by atoms with van der Waals surface area (Å²) in [5.74, 6) is -0.725. The molecular weight excluding hydrogens is 1950 g/mol. The third-order valence-corrected chi connectivity index (χ3v) is 29.4. The minimum atomic E-state index is -5.08.